The summed E-state index contributed by atoms with van der Waals surface area (Å²) in [6.45, 7) is 1.04. The van der Waals surface area contributed by atoms with E-state index in [1.54, 1.807) is 14.2 Å². The predicted octanol–water partition coefficient (Wildman–Crippen LogP) is 0.836. The van der Waals surface area contributed by atoms with E-state index in [0.717, 1.165) is 19.4 Å². The summed E-state index contributed by atoms with van der Waals surface area (Å²) in [6, 6.07) is 0. The van der Waals surface area contributed by atoms with Crippen LogP contribution in [0.5, 0.6) is 0 Å². The van der Waals surface area contributed by atoms with Crippen LogP contribution >= 0.6 is 0 Å². The van der Waals surface area contributed by atoms with E-state index < -0.39 is 5.91 Å². The molecule has 0 unspecified atom stereocenters. The molecule has 14 heavy (non-hydrogen) atoms. The second-order valence-electron chi connectivity index (χ2n) is 3.92. The molecule has 0 aromatic heterocycles. The number of methoxy groups -OCH3 is 2. The zero-order valence-electron chi connectivity index (χ0n) is 10.3. The smallest absolute Gasteiger partial charge is 0.228 e. The maximum Gasteiger partial charge on any atom is 0.228 e. The van der Waals surface area contributed by atoms with Gasteiger partial charge < -0.3 is 14.4 Å². The van der Waals surface area contributed by atoms with Crippen LogP contribution in [0, 0.1) is 0 Å². The molecule has 0 fully saturated rings. The molecule has 0 spiro atoms. The van der Waals surface area contributed by atoms with E-state index in [-0.39, 0.29) is 0 Å². The van der Waals surface area contributed by atoms with Crippen LogP contribution in [0.4, 0.5) is 0 Å². The lowest BCUT2D eigenvalue weighted by molar-refractivity contribution is -0.287. The minimum atomic E-state index is -0.573. The average molecular weight is 204 g/mol. The van der Waals surface area contributed by atoms with Crippen molar-refractivity contribution in [2.24, 2.45) is 0 Å². The first-order valence-corrected chi connectivity index (χ1v) is 4.91. The molecule has 4 heteroatoms. The first kappa shape index (κ1) is 13.8. The fourth-order valence-electron chi connectivity index (χ4n) is 1.49. The maximum atomic E-state index is 5.42. The monoisotopic (exact) mass is 204 g/mol. The Bertz CT molecular complexity index is 145. The van der Waals surface area contributed by atoms with Gasteiger partial charge in [-0.3, -0.25) is 4.90 Å². The van der Waals surface area contributed by atoms with Crippen LogP contribution in [0.15, 0.2) is 0 Å². The lowest BCUT2D eigenvalue weighted by Gasteiger charge is -2.37. The molecule has 4 nitrogen and oxygen atoms in total. The molecule has 0 amide bonds. The van der Waals surface area contributed by atoms with Gasteiger partial charge in [-0.15, -0.1) is 0 Å². The fraction of sp³-hybridized carbons (Fsp3) is 1.00. The standard InChI is InChI=1S/C10H24N2O2/c1-11(2)9-7-8-10(13-5,14-6)12(3)4/h7-9H2,1-6H3. The Morgan fingerprint density at radius 3 is 1.79 bits per heavy atom. The zero-order valence-corrected chi connectivity index (χ0v) is 10.3. The fourth-order valence-corrected chi connectivity index (χ4v) is 1.49. The Labute approximate surface area is 87.8 Å². The van der Waals surface area contributed by atoms with Crippen molar-refractivity contribution in [3.63, 3.8) is 0 Å². The van der Waals surface area contributed by atoms with Gasteiger partial charge in [0, 0.05) is 20.6 Å². The summed E-state index contributed by atoms with van der Waals surface area (Å²) >= 11 is 0. The van der Waals surface area contributed by atoms with Gasteiger partial charge in [-0.2, -0.15) is 0 Å². The van der Waals surface area contributed by atoms with Gasteiger partial charge in [-0.1, -0.05) is 0 Å². The van der Waals surface area contributed by atoms with Crippen molar-refractivity contribution in [1.82, 2.24) is 9.80 Å². The topological polar surface area (TPSA) is 24.9 Å². The van der Waals surface area contributed by atoms with Gasteiger partial charge in [0.25, 0.3) is 0 Å². The second-order valence-corrected chi connectivity index (χ2v) is 3.92. The van der Waals surface area contributed by atoms with Crippen LogP contribution in [-0.4, -0.2) is 64.7 Å². The molecule has 0 atom stereocenters. The Balaban J connectivity index is 4.08. The lowest BCUT2D eigenvalue weighted by Crippen LogP contribution is -2.48. The summed E-state index contributed by atoms with van der Waals surface area (Å²) in [5.41, 5.74) is 0. The van der Waals surface area contributed by atoms with Crippen LogP contribution in [0.25, 0.3) is 0 Å². The van der Waals surface area contributed by atoms with Crippen molar-refractivity contribution in [2.75, 3.05) is 49.0 Å². The zero-order chi connectivity index (χ0) is 11.2. The van der Waals surface area contributed by atoms with Gasteiger partial charge in [0.15, 0.2) is 0 Å². The Kier molecular flexibility index (Phi) is 6.27. The minimum absolute atomic E-state index is 0.573. The molecular formula is C10H24N2O2. The molecule has 0 radical (unpaired) electrons. The number of hydrogen-bond acceptors (Lipinski definition) is 4. The molecule has 0 heterocycles. The third-order valence-electron chi connectivity index (χ3n) is 2.42. The normalized spacial score (nSPS) is 12.9. The van der Waals surface area contributed by atoms with E-state index in [1.165, 1.54) is 0 Å². The number of ether oxygens (including phenoxy) is 2. The molecule has 0 saturated carbocycles. The predicted molar refractivity (Wildman–Crippen MR) is 58.2 cm³/mol. The van der Waals surface area contributed by atoms with Crippen LogP contribution in [0.1, 0.15) is 12.8 Å². The number of rotatable bonds is 7. The van der Waals surface area contributed by atoms with Crippen molar-refractivity contribution in [1.29, 1.82) is 0 Å². The van der Waals surface area contributed by atoms with Crippen molar-refractivity contribution in [3.8, 4) is 0 Å². The van der Waals surface area contributed by atoms with Crippen LogP contribution in [-0.2, 0) is 9.47 Å². The van der Waals surface area contributed by atoms with Gasteiger partial charge in [0.05, 0.1) is 0 Å². The summed E-state index contributed by atoms with van der Waals surface area (Å²) in [4.78, 5) is 4.12. The summed E-state index contributed by atoms with van der Waals surface area (Å²) < 4.78 is 10.8. The van der Waals surface area contributed by atoms with Crippen molar-refractivity contribution in [2.45, 2.75) is 18.8 Å². The SMILES string of the molecule is COC(CCCN(C)C)(OC)N(C)C. The molecule has 0 aliphatic carbocycles. The van der Waals surface area contributed by atoms with Crippen molar-refractivity contribution >= 4 is 0 Å². The Hall–Kier alpha value is -0.160. The van der Waals surface area contributed by atoms with Gasteiger partial charge in [0.1, 0.15) is 0 Å². The first-order valence-electron chi connectivity index (χ1n) is 4.91. The first-order chi connectivity index (χ1) is 6.48. The molecule has 0 aromatic carbocycles. The highest BCUT2D eigenvalue weighted by atomic mass is 16.7. The number of hydrogen-bond donors (Lipinski definition) is 0. The van der Waals surface area contributed by atoms with E-state index >= 15 is 0 Å². The molecule has 86 valence electrons. The second kappa shape index (κ2) is 6.35. The highest BCUT2D eigenvalue weighted by molar-refractivity contribution is 4.66. The van der Waals surface area contributed by atoms with E-state index in [2.05, 4.69) is 19.0 Å². The number of nitrogens with zero attached hydrogens (tertiary/aromatic N) is 2. The minimum Gasteiger partial charge on any atom is -0.341 e. The molecule has 0 bridgehead atoms. The molecule has 0 aliphatic rings. The van der Waals surface area contributed by atoms with Crippen LogP contribution < -0.4 is 0 Å². The van der Waals surface area contributed by atoms with Gasteiger partial charge in [-0.25, -0.2) is 0 Å². The van der Waals surface area contributed by atoms with Gasteiger partial charge in [0.2, 0.25) is 5.91 Å². The highest BCUT2D eigenvalue weighted by Gasteiger charge is 2.31. The summed E-state index contributed by atoms with van der Waals surface area (Å²) in [5.74, 6) is -0.573. The van der Waals surface area contributed by atoms with Crippen molar-refractivity contribution < 1.29 is 9.47 Å². The van der Waals surface area contributed by atoms with Gasteiger partial charge in [-0.05, 0) is 41.2 Å². The largest absolute Gasteiger partial charge is 0.341 e. The molecule has 0 saturated heterocycles. The van der Waals surface area contributed by atoms with E-state index in [1.807, 2.05) is 19.0 Å². The molecular weight excluding hydrogens is 180 g/mol. The lowest BCUT2D eigenvalue weighted by atomic mass is 10.2. The average Bonchev–Trinajstić information content (AvgIpc) is 2.12. The van der Waals surface area contributed by atoms with Crippen LogP contribution in [0.2, 0.25) is 0 Å². The summed E-state index contributed by atoms with van der Waals surface area (Å²) in [7, 11) is 11.4. The van der Waals surface area contributed by atoms with E-state index in [9.17, 15) is 0 Å². The maximum absolute atomic E-state index is 5.42. The molecule has 0 rings (SSSR count). The Morgan fingerprint density at radius 1 is 1.00 bits per heavy atom. The third kappa shape index (κ3) is 3.92. The molecule has 0 N–H and O–H groups in total. The van der Waals surface area contributed by atoms with E-state index in [0.29, 0.717) is 0 Å². The summed E-state index contributed by atoms with van der Waals surface area (Å²) in [6.07, 6.45) is 1.91. The quantitative estimate of drug-likeness (QED) is 0.574. The van der Waals surface area contributed by atoms with Crippen LogP contribution in [0.3, 0.4) is 0 Å². The Morgan fingerprint density at radius 2 is 1.50 bits per heavy atom. The molecule has 0 aliphatic heterocycles. The summed E-state index contributed by atoms with van der Waals surface area (Å²) in [5, 5.41) is 0. The highest BCUT2D eigenvalue weighted by Crippen LogP contribution is 2.20. The van der Waals surface area contributed by atoms with E-state index in [4.69, 9.17) is 9.47 Å². The van der Waals surface area contributed by atoms with Crippen molar-refractivity contribution in [3.05, 3.63) is 0 Å². The third-order valence-corrected chi connectivity index (χ3v) is 2.42. The van der Waals surface area contributed by atoms with Gasteiger partial charge >= 0.3 is 0 Å². The molecule has 0 aromatic rings.